The molecule has 4 rings (SSSR count). The molecule has 0 amide bonds. The van der Waals surface area contributed by atoms with Crippen LogP contribution >= 0.6 is 11.6 Å². The third kappa shape index (κ3) is 3.51. The molecule has 134 valence electrons. The number of halogens is 1. The Morgan fingerprint density at radius 1 is 1.15 bits per heavy atom. The van der Waals surface area contributed by atoms with Crippen LogP contribution in [0.5, 0.6) is 5.75 Å². The number of benzene rings is 1. The molecule has 0 bridgehead atoms. The molecular formula is C19H19ClN4O2. The van der Waals surface area contributed by atoms with Crippen molar-refractivity contribution in [2.24, 2.45) is 0 Å². The minimum absolute atomic E-state index is 0.143. The number of aromatic nitrogens is 3. The van der Waals surface area contributed by atoms with Crippen LogP contribution in [0.1, 0.15) is 18.7 Å². The third-order valence-electron chi connectivity index (χ3n) is 4.42. The zero-order chi connectivity index (χ0) is 17.9. The molecule has 2 aromatic heterocycles. The van der Waals surface area contributed by atoms with Crippen molar-refractivity contribution in [3.05, 3.63) is 53.4 Å². The fourth-order valence-corrected chi connectivity index (χ4v) is 3.31. The number of aryl methyl sites for hydroxylation is 1. The first kappa shape index (κ1) is 16.8. The Hall–Kier alpha value is -2.60. The highest BCUT2D eigenvalue weighted by atomic mass is 35.5. The summed E-state index contributed by atoms with van der Waals surface area (Å²) in [6, 6.07) is 11.4. The van der Waals surface area contributed by atoms with Crippen molar-refractivity contribution in [2.45, 2.75) is 25.9 Å². The molecule has 0 atom stereocenters. The van der Waals surface area contributed by atoms with Gasteiger partial charge >= 0.3 is 0 Å². The SMILES string of the molecule is Cc1noc(-c2cccnc2N2CCC(Oc3ccccc3Cl)CC2)n1. The monoisotopic (exact) mass is 370 g/mol. The van der Waals surface area contributed by atoms with Crippen LogP contribution in [0.15, 0.2) is 47.1 Å². The second-order valence-electron chi connectivity index (χ2n) is 6.26. The Morgan fingerprint density at radius 2 is 1.96 bits per heavy atom. The van der Waals surface area contributed by atoms with Gasteiger partial charge in [-0.15, -0.1) is 0 Å². The van der Waals surface area contributed by atoms with E-state index >= 15 is 0 Å². The lowest BCUT2D eigenvalue weighted by atomic mass is 10.1. The Labute approximate surface area is 156 Å². The van der Waals surface area contributed by atoms with E-state index in [4.69, 9.17) is 20.9 Å². The molecule has 3 heterocycles. The second kappa shape index (κ2) is 7.33. The van der Waals surface area contributed by atoms with Crippen molar-refractivity contribution in [1.82, 2.24) is 15.1 Å². The second-order valence-corrected chi connectivity index (χ2v) is 6.66. The van der Waals surface area contributed by atoms with Gasteiger partial charge in [0, 0.05) is 32.1 Å². The van der Waals surface area contributed by atoms with Gasteiger partial charge in [0.25, 0.3) is 5.89 Å². The summed E-state index contributed by atoms with van der Waals surface area (Å²) >= 11 is 6.19. The van der Waals surface area contributed by atoms with Crippen molar-refractivity contribution in [2.75, 3.05) is 18.0 Å². The molecule has 1 fully saturated rings. The van der Waals surface area contributed by atoms with E-state index in [9.17, 15) is 0 Å². The zero-order valence-electron chi connectivity index (χ0n) is 14.4. The topological polar surface area (TPSA) is 64.3 Å². The summed E-state index contributed by atoms with van der Waals surface area (Å²) < 4.78 is 11.4. The van der Waals surface area contributed by atoms with Crippen LogP contribution < -0.4 is 9.64 Å². The Balaban J connectivity index is 1.46. The van der Waals surface area contributed by atoms with Gasteiger partial charge in [-0.3, -0.25) is 0 Å². The van der Waals surface area contributed by atoms with Crippen LogP contribution in [0.4, 0.5) is 5.82 Å². The molecule has 6 nitrogen and oxygen atoms in total. The van der Waals surface area contributed by atoms with Crippen molar-refractivity contribution in [1.29, 1.82) is 0 Å². The lowest BCUT2D eigenvalue weighted by molar-refractivity contribution is 0.171. The van der Waals surface area contributed by atoms with Gasteiger partial charge in [-0.1, -0.05) is 28.9 Å². The normalized spacial score (nSPS) is 15.2. The van der Waals surface area contributed by atoms with Gasteiger partial charge in [0.05, 0.1) is 10.6 Å². The van der Waals surface area contributed by atoms with E-state index in [2.05, 4.69) is 20.0 Å². The molecule has 26 heavy (non-hydrogen) atoms. The third-order valence-corrected chi connectivity index (χ3v) is 4.73. The zero-order valence-corrected chi connectivity index (χ0v) is 15.2. The predicted octanol–water partition coefficient (Wildman–Crippen LogP) is 4.14. The van der Waals surface area contributed by atoms with Crippen LogP contribution in [0.25, 0.3) is 11.5 Å². The first-order valence-electron chi connectivity index (χ1n) is 8.62. The van der Waals surface area contributed by atoms with Gasteiger partial charge in [0.1, 0.15) is 17.7 Å². The fourth-order valence-electron chi connectivity index (χ4n) is 3.13. The van der Waals surface area contributed by atoms with Gasteiger partial charge in [0.2, 0.25) is 0 Å². The number of piperidine rings is 1. The molecule has 7 heteroatoms. The largest absolute Gasteiger partial charge is 0.489 e. The van der Waals surface area contributed by atoms with E-state index in [-0.39, 0.29) is 6.10 Å². The number of ether oxygens (including phenoxy) is 1. The van der Waals surface area contributed by atoms with E-state index in [0.29, 0.717) is 16.7 Å². The molecule has 1 aliphatic rings. The van der Waals surface area contributed by atoms with Gasteiger partial charge < -0.3 is 14.2 Å². The van der Waals surface area contributed by atoms with Crippen molar-refractivity contribution >= 4 is 17.4 Å². The number of hydrogen-bond donors (Lipinski definition) is 0. The predicted molar refractivity (Wildman–Crippen MR) is 99.6 cm³/mol. The number of pyridine rings is 1. The van der Waals surface area contributed by atoms with Crippen LogP contribution in [0.2, 0.25) is 5.02 Å². The number of nitrogens with zero attached hydrogens (tertiary/aromatic N) is 4. The molecule has 0 unspecified atom stereocenters. The standard InChI is InChI=1S/C19H19ClN4O2/c1-13-22-19(26-23-13)15-5-4-10-21-18(15)24-11-8-14(9-12-24)25-17-7-3-2-6-16(17)20/h2-7,10,14H,8-9,11-12H2,1H3. The Kier molecular flexibility index (Phi) is 4.75. The number of hydrogen-bond acceptors (Lipinski definition) is 6. The maximum Gasteiger partial charge on any atom is 0.261 e. The quantitative estimate of drug-likeness (QED) is 0.687. The van der Waals surface area contributed by atoms with Gasteiger partial charge in [-0.05, 0) is 31.2 Å². The van der Waals surface area contributed by atoms with E-state index < -0.39 is 0 Å². The maximum absolute atomic E-state index is 6.19. The van der Waals surface area contributed by atoms with E-state index in [0.717, 1.165) is 43.1 Å². The molecule has 1 aromatic carbocycles. The van der Waals surface area contributed by atoms with E-state index in [1.165, 1.54) is 0 Å². The molecule has 1 aliphatic heterocycles. The summed E-state index contributed by atoms with van der Waals surface area (Å²) in [6.45, 7) is 3.49. The summed E-state index contributed by atoms with van der Waals surface area (Å²) in [5.41, 5.74) is 0.860. The lowest BCUT2D eigenvalue weighted by Crippen LogP contribution is -2.39. The van der Waals surface area contributed by atoms with E-state index in [1.807, 2.05) is 36.4 Å². The minimum Gasteiger partial charge on any atom is -0.489 e. The molecule has 1 saturated heterocycles. The smallest absolute Gasteiger partial charge is 0.261 e. The number of anilines is 1. The van der Waals surface area contributed by atoms with E-state index in [1.54, 1.807) is 13.1 Å². The molecule has 3 aromatic rings. The van der Waals surface area contributed by atoms with Gasteiger partial charge in [-0.2, -0.15) is 4.98 Å². The van der Waals surface area contributed by atoms with Gasteiger partial charge in [-0.25, -0.2) is 4.98 Å². The first-order valence-corrected chi connectivity index (χ1v) is 9.00. The van der Waals surface area contributed by atoms with Crippen LogP contribution in [-0.4, -0.2) is 34.3 Å². The fraction of sp³-hybridized carbons (Fsp3) is 0.316. The summed E-state index contributed by atoms with van der Waals surface area (Å²) in [5, 5.41) is 4.53. The highest BCUT2D eigenvalue weighted by Gasteiger charge is 2.25. The molecular weight excluding hydrogens is 352 g/mol. The summed E-state index contributed by atoms with van der Waals surface area (Å²) in [7, 11) is 0. The van der Waals surface area contributed by atoms with Crippen molar-refractivity contribution in [3.63, 3.8) is 0 Å². The highest BCUT2D eigenvalue weighted by molar-refractivity contribution is 6.32. The van der Waals surface area contributed by atoms with Crippen LogP contribution in [0.3, 0.4) is 0 Å². The molecule has 0 spiro atoms. The Morgan fingerprint density at radius 3 is 2.69 bits per heavy atom. The van der Waals surface area contributed by atoms with Crippen molar-refractivity contribution < 1.29 is 9.26 Å². The average molecular weight is 371 g/mol. The highest BCUT2D eigenvalue weighted by Crippen LogP contribution is 2.31. The first-order chi connectivity index (χ1) is 12.7. The maximum atomic E-state index is 6.19. The summed E-state index contributed by atoms with van der Waals surface area (Å²) in [6.07, 6.45) is 3.71. The van der Waals surface area contributed by atoms with Crippen LogP contribution in [0, 0.1) is 6.92 Å². The molecule has 0 saturated carbocycles. The summed E-state index contributed by atoms with van der Waals surface area (Å²) in [4.78, 5) is 11.1. The molecule has 0 radical (unpaired) electrons. The summed E-state index contributed by atoms with van der Waals surface area (Å²) in [5.74, 6) is 2.72. The average Bonchev–Trinajstić information content (AvgIpc) is 3.11. The lowest BCUT2D eigenvalue weighted by Gasteiger charge is -2.33. The molecule has 0 aliphatic carbocycles. The number of rotatable bonds is 4. The number of para-hydroxylation sites is 1. The van der Waals surface area contributed by atoms with Crippen LogP contribution in [-0.2, 0) is 0 Å². The Bertz CT molecular complexity index is 891. The minimum atomic E-state index is 0.143. The van der Waals surface area contributed by atoms with Gasteiger partial charge in [0.15, 0.2) is 5.82 Å². The van der Waals surface area contributed by atoms with Crippen molar-refractivity contribution in [3.8, 4) is 17.2 Å². The molecule has 0 N–H and O–H groups in total.